The predicted molar refractivity (Wildman–Crippen MR) is 119 cm³/mol. The molecule has 2 heterocycles. The number of aryl methyl sites for hydroxylation is 2. The number of aromatic nitrogens is 2. The number of benzene rings is 2. The summed E-state index contributed by atoms with van der Waals surface area (Å²) in [5, 5.41) is 11.0. The van der Waals surface area contributed by atoms with E-state index in [1.54, 1.807) is 22.9 Å². The molecule has 1 aliphatic heterocycles. The number of anilines is 2. The number of amides is 2. The molecule has 0 aliphatic carbocycles. The molecule has 1 unspecified atom stereocenters. The number of halogens is 1. The van der Waals surface area contributed by atoms with Crippen molar-refractivity contribution in [3.8, 4) is 11.1 Å². The molecule has 2 aromatic carbocycles. The summed E-state index contributed by atoms with van der Waals surface area (Å²) in [4.78, 5) is 25.3. The number of rotatable bonds is 5. The fourth-order valence-corrected chi connectivity index (χ4v) is 3.88. The SMILES string of the molecule is CCc1nn2c(c1-c1ccc(C)cc1)NC(=O)C2CC(=O)Nc1cccc(Cl)c1C. The third kappa shape index (κ3) is 3.59. The molecule has 154 valence electrons. The first-order valence-corrected chi connectivity index (χ1v) is 10.3. The first kappa shape index (κ1) is 20.2. The molecule has 0 saturated heterocycles. The maximum Gasteiger partial charge on any atom is 0.251 e. The Balaban J connectivity index is 1.62. The molecule has 0 radical (unpaired) electrons. The zero-order valence-electron chi connectivity index (χ0n) is 17.1. The smallest absolute Gasteiger partial charge is 0.251 e. The highest BCUT2D eigenvalue weighted by Gasteiger charge is 2.36. The van der Waals surface area contributed by atoms with Gasteiger partial charge in [0.25, 0.3) is 5.91 Å². The van der Waals surface area contributed by atoms with Gasteiger partial charge in [0.05, 0.1) is 12.1 Å². The van der Waals surface area contributed by atoms with Gasteiger partial charge >= 0.3 is 0 Å². The van der Waals surface area contributed by atoms with Gasteiger partial charge < -0.3 is 10.6 Å². The number of hydrogen-bond acceptors (Lipinski definition) is 3. The summed E-state index contributed by atoms with van der Waals surface area (Å²) in [5.41, 5.74) is 5.40. The number of carbonyl (C=O) groups is 2. The summed E-state index contributed by atoms with van der Waals surface area (Å²) in [6, 6.07) is 12.8. The van der Waals surface area contributed by atoms with Crippen LogP contribution in [-0.4, -0.2) is 21.6 Å². The Bertz CT molecular complexity index is 1130. The maximum atomic E-state index is 12.7. The molecule has 0 bridgehead atoms. The van der Waals surface area contributed by atoms with E-state index in [-0.39, 0.29) is 18.2 Å². The lowest BCUT2D eigenvalue weighted by atomic mass is 10.0. The van der Waals surface area contributed by atoms with E-state index in [2.05, 4.69) is 15.7 Å². The third-order valence-electron chi connectivity index (χ3n) is 5.42. The lowest BCUT2D eigenvalue weighted by Crippen LogP contribution is -2.24. The van der Waals surface area contributed by atoms with Crippen molar-refractivity contribution in [2.24, 2.45) is 0 Å². The van der Waals surface area contributed by atoms with Gasteiger partial charge in [-0.05, 0) is 43.5 Å². The molecule has 0 spiro atoms. The van der Waals surface area contributed by atoms with Gasteiger partial charge in [0.1, 0.15) is 11.9 Å². The van der Waals surface area contributed by atoms with Crippen LogP contribution in [0.15, 0.2) is 42.5 Å². The van der Waals surface area contributed by atoms with Crippen molar-refractivity contribution in [2.75, 3.05) is 10.6 Å². The second kappa shape index (κ2) is 7.95. The van der Waals surface area contributed by atoms with E-state index >= 15 is 0 Å². The molecule has 6 nitrogen and oxygen atoms in total. The minimum Gasteiger partial charge on any atom is -0.326 e. The van der Waals surface area contributed by atoms with Crippen LogP contribution < -0.4 is 10.6 Å². The van der Waals surface area contributed by atoms with Crippen LogP contribution in [0.5, 0.6) is 0 Å². The van der Waals surface area contributed by atoms with E-state index in [0.29, 0.717) is 16.5 Å². The number of hydrogen-bond donors (Lipinski definition) is 2. The highest BCUT2D eigenvalue weighted by Crippen LogP contribution is 2.39. The molecular formula is C23H23ClN4O2. The summed E-state index contributed by atoms with van der Waals surface area (Å²) in [7, 11) is 0. The molecule has 1 atom stereocenters. The Hall–Kier alpha value is -3.12. The van der Waals surface area contributed by atoms with Crippen LogP contribution in [-0.2, 0) is 16.0 Å². The van der Waals surface area contributed by atoms with Crippen molar-refractivity contribution in [2.45, 2.75) is 39.7 Å². The molecular weight excluding hydrogens is 400 g/mol. The molecule has 2 N–H and O–H groups in total. The van der Waals surface area contributed by atoms with Crippen LogP contribution in [0.25, 0.3) is 11.1 Å². The van der Waals surface area contributed by atoms with Crippen LogP contribution in [0, 0.1) is 13.8 Å². The summed E-state index contributed by atoms with van der Waals surface area (Å²) < 4.78 is 1.65. The Labute approximate surface area is 180 Å². The third-order valence-corrected chi connectivity index (χ3v) is 5.83. The molecule has 0 fully saturated rings. The van der Waals surface area contributed by atoms with E-state index < -0.39 is 6.04 Å². The zero-order valence-corrected chi connectivity index (χ0v) is 17.9. The first-order chi connectivity index (χ1) is 14.4. The van der Waals surface area contributed by atoms with Gasteiger partial charge in [-0.25, -0.2) is 4.68 Å². The second-order valence-corrected chi connectivity index (χ2v) is 7.91. The van der Waals surface area contributed by atoms with Gasteiger partial charge in [-0.1, -0.05) is 54.4 Å². The van der Waals surface area contributed by atoms with Crippen molar-refractivity contribution in [1.29, 1.82) is 0 Å². The zero-order chi connectivity index (χ0) is 21.4. The first-order valence-electron chi connectivity index (χ1n) is 9.93. The predicted octanol–water partition coefficient (Wildman–Crippen LogP) is 4.90. The number of nitrogens with zero attached hydrogens (tertiary/aromatic N) is 2. The molecule has 4 rings (SSSR count). The van der Waals surface area contributed by atoms with Crippen molar-refractivity contribution in [1.82, 2.24) is 9.78 Å². The monoisotopic (exact) mass is 422 g/mol. The quantitative estimate of drug-likeness (QED) is 0.613. The summed E-state index contributed by atoms with van der Waals surface area (Å²) in [6.45, 7) is 5.90. The van der Waals surface area contributed by atoms with E-state index in [1.165, 1.54) is 0 Å². The van der Waals surface area contributed by atoms with Crippen molar-refractivity contribution in [3.05, 3.63) is 64.3 Å². The van der Waals surface area contributed by atoms with Crippen LogP contribution in [0.3, 0.4) is 0 Å². The second-order valence-electron chi connectivity index (χ2n) is 7.50. The maximum absolute atomic E-state index is 12.7. The van der Waals surface area contributed by atoms with Gasteiger partial charge in [0.2, 0.25) is 5.91 Å². The van der Waals surface area contributed by atoms with E-state index in [4.69, 9.17) is 11.6 Å². The molecule has 2 amide bonds. The summed E-state index contributed by atoms with van der Waals surface area (Å²) >= 11 is 6.13. The lowest BCUT2D eigenvalue weighted by Gasteiger charge is -2.12. The van der Waals surface area contributed by atoms with Gasteiger partial charge in [-0.15, -0.1) is 0 Å². The van der Waals surface area contributed by atoms with Crippen LogP contribution >= 0.6 is 11.6 Å². The minimum absolute atomic E-state index is 0.0110. The fraction of sp³-hybridized carbons (Fsp3) is 0.261. The van der Waals surface area contributed by atoms with Gasteiger partial charge in [-0.2, -0.15) is 5.10 Å². The topological polar surface area (TPSA) is 76.0 Å². The number of carbonyl (C=O) groups excluding carboxylic acids is 2. The lowest BCUT2D eigenvalue weighted by molar-refractivity contribution is -0.123. The standard InChI is InChI=1S/C23H23ClN4O2/c1-4-17-21(15-10-8-13(2)9-11-15)22-26-23(30)19(28(22)27-17)12-20(29)25-18-7-5-6-16(24)14(18)3/h5-11,19H,4,12H2,1-3H3,(H,25,29)(H,26,30). The van der Waals surface area contributed by atoms with Crippen LogP contribution in [0.4, 0.5) is 11.5 Å². The summed E-state index contributed by atoms with van der Waals surface area (Å²) in [6.07, 6.45) is 0.711. The van der Waals surface area contributed by atoms with E-state index in [1.807, 2.05) is 45.0 Å². The van der Waals surface area contributed by atoms with Crippen molar-refractivity contribution >= 4 is 34.9 Å². The number of nitrogens with one attached hydrogen (secondary N) is 2. The minimum atomic E-state index is -0.691. The molecule has 30 heavy (non-hydrogen) atoms. The molecule has 7 heteroatoms. The highest BCUT2D eigenvalue weighted by molar-refractivity contribution is 6.31. The summed E-state index contributed by atoms with van der Waals surface area (Å²) in [5.74, 6) is 0.155. The van der Waals surface area contributed by atoms with Crippen LogP contribution in [0.2, 0.25) is 5.02 Å². The van der Waals surface area contributed by atoms with Gasteiger partial charge in [-0.3, -0.25) is 9.59 Å². The van der Waals surface area contributed by atoms with Gasteiger partial charge in [0, 0.05) is 16.3 Å². The fourth-order valence-electron chi connectivity index (χ4n) is 3.71. The Morgan fingerprint density at radius 3 is 2.63 bits per heavy atom. The van der Waals surface area contributed by atoms with Crippen molar-refractivity contribution < 1.29 is 9.59 Å². The van der Waals surface area contributed by atoms with Gasteiger partial charge in [0.15, 0.2) is 0 Å². The normalized spacial score (nSPS) is 15.1. The Morgan fingerprint density at radius 1 is 1.20 bits per heavy atom. The largest absolute Gasteiger partial charge is 0.326 e. The Morgan fingerprint density at radius 2 is 1.93 bits per heavy atom. The van der Waals surface area contributed by atoms with E-state index in [0.717, 1.165) is 34.4 Å². The van der Waals surface area contributed by atoms with E-state index in [9.17, 15) is 9.59 Å². The molecule has 1 aromatic heterocycles. The van der Waals surface area contributed by atoms with Crippen LogP contribution in [0.1, 0.15) is 36.2 Å². The molecule has 3 aromatic rings. The average Bonchev–Trinajstić information content (AvgIpc) is 3.21. The molecule has 0 saturated carbocycles. The Kier molecular flexibility index (Phi) is 5.35. The molecule has 1 aliphatic rings. The number of fused-ring (bicyclic) bond motifs is 1. The van der Waals surface area contributed by atoms with Crippen molar-refractivity contribution in [3.63, 3.8) is 0 Å². The average molecular weight is 423 g/mol. The highest BCUT2D eigenvalue weighted by atomic mass is 35.5.